The van der Waals surface area contributed by atoms with Crippen molar-refractivity contribution in [3.8, 4) is 28.0 Å². The minimum absolute atomic E-state index is 0.106. The summed E-state index contributed by atoms with van der Waals surface area (Å²) in [6, 6.07) is 17.1. The number of allylic oxidation sites excluding steroid dienone is 2. The molecule has 0 saturated carbocycles. The molecule has 0 bridgehead atoms. The van der Waals surface area contributed by atoms with Gasteiger partial charge in [0.2, 0.25) is 0 Å². The molecule has 174 valence electrons. The van der Waals surface area contributed by atoms with Gasteiger partial charge in [-0.2, -0.15) is 0 Å². The number of benzene rings is 2. The van der Waals surface area contributed by atoms with Crippen LogP contribution in [-0.4, -0.2) is 30.1 Å². The van der Waals surface area contributed by atoms with Crippen molar-refractivity contribution in [1.29, 1.82) is 0 Å². The molecule has 1 aromatic heterocycles. The van der Waals surface area contributed by atoms with Crippen LogP contribution in [0.1, 0.15) is 29.4 Å². The lowest BCUT2D eigenvalue weighted by molar-refractivity contribution is -0.143. The van der Waals surface area contributed by atoms with Crippen molar-refractivity contribution in [2.75, 3.05) is 13.2 Å². The molecule has 0 aliphatic heterocycles. The van der Waals surface area contributed by atoms with Crippen molar-refractivity contribution in [3.05, 3.63) is 88.7 Å². The summed E-state index contributed by atoms with van der Waals surface area (Å²) in [7, 11) is 0. The highest BCUT2D eigenvalue weighted by molar-refractivity contribution is 7.12. The maximum atomic E-state index is 12.6. The van der Waals surface area contributed by atoms with Crippen molar-refractivity contribution >= 4 is 23.2 Å². The smallest absolute Gasteiger partial charge is 0.306 e. The molecule has 1 unspecified atom stereocenters. The molecule has 1 heterocycles. The lowest BCUT2D eigenvalue weighted by Crippen LogP contribution is -2.25. The van der Waals surface area contributed by atoms with Gasteiger partial charge in [0.25, 0.3) is 5.91 Å². The summed E-state index contributed by atoms with van der Waals surface area (Å²) in [6.45, 7) is 2.65. The molecule has 1 atom stereocenters. The second-order valence-electron chi connectivity index (χ2n) is 8.12. The molecule has 3 aromatic rings. The van der Waals surface area contributed by atoms with Gasteiger partial charge in [-0.3, -0.25) is 9.59 Å². The highest BCUT2D eigenvalue weighted by Gasteiger charge is 2.15. The Morgan fingerprint density at radius 3 is 2.56 bits per heavy atom. The largest absolute Gasteiger partial charge is 0.507 e. The first-order chi connectivity index (χ1) is 16.5. The number of esters is 1. The average molecular weight is 474 g/mol. The lowest BCUT2D eigenvalue weighted by Gasteiger charge is -2.15. The third-order valence-corrected chi connectivity index (χ3v) is 6.64. The Morgan fingerprint density at radius 2 is 1.85 bits per heavy atom. The van der Waals surface area contributed by atoms with E-state index in [9.17, 15) is 14.7 Å². The quantitative estimate of drug-likeness (QED) is 0.395. The molecule has 34 heavy (non-hydrogen) atoms. The van der Waals surface area contributed by atoms with Crippen molar-refractivity contribution in [2.24, 2.45) is 5.92 Å². The number of carbonyl (C=O) groups is 2. The molecule has 1 amide bonds. The van der Waals surface area contributed by atoms with Crippen LogP contribution in [0.3, 0.4) is 0 Å². The minimum Gasteiger partial charge on any atom is -0.507 e. The maximum Gasteiger partial charge on any atom is 0.306 e. The van der Waals surface area contributed by atoms with Crippen LogP contribution in [0.5, 0.6) is 5.75 Å². The Bertz CT molecular complexity index is 1220. The third kappa shape index (κ3) is 5.83. The van der Waals surface area contributed by atoms with Crippen molar-refractivity contribution in [1.82, 2.24) is 5.32 Å². The van der Waals surface area contributed by atoms with Gasteiger partial charge in [0.05, 0.1) is 17.9 Å². The van der Waals surface area contributed by atoms with E-state index in [1.807, 2.05) is 60.0 Å². The zero-order valence-electron chi connectivity index (χ0n) is 19.0. The Hall–Kier alpha value is -3.64. The Morgan fingerprint density at radius 1 is 1.09 bits per heavy atom. The molecule has 2 aromatic carbocycles. The number of ether oxygens (including phenoxy) is 1. The van der Waals surface area contributed by atoms with E-state index in [1.165, 1.54) is 11.3 Å². The number of amides is 1. The summed E-state index contributed by atoms with van der Waals surface area (Å²) in [5.41, 5.74) is 4.76. The Labute approximate surface area is 203 Å². The second kappa shape index (κ2) is 11.0. The minimum atomic E-state index is -0.177. The van der Waals surface area contributed by atoms with Gasteiger partial charge in [-0.15, -0.1) is 11.3 Å². The monoisotopic (exact) mass is 473 g/mol. The fourth-order valence-electron chi connectivity index (χ4n) is 3.86. The summed E-state index contributed by atoms with van der Waals surface area (Å²) in [4.78, 5) is 24.9. The first kappa shape index (κ1) is 23.5. The Balaban J connectivity index is 1.32. The highest BCUT2D eigenvalue weighted by Crippen LogP contribution is 2.32. The topological polar surface area (TPSA) is 75.6 Å². The number of carbonyl (C=O) groups excluding carboxylic acids is 2. The first-order valence-corrected chi connectivity index (χ1v) is 12.2. The predicted octanol–water partition coefficient (Wildman–Crippen LogP) is 5.97. The summed E-state index contributed by atoms with van der Waals surface area (Å²) >= 11 is 1.41. The first-order valence-electron chi connectivity index (χ1n) is 11.3. The average Bonchev–Trinajstić information content (AvgIpc) is 3.35. The molecule has 5 nitrogen and oxygen atoms in total. The van der Waals surface area contributed by atoms with Gasteiger partial charge in [-0.25, -0.2) is 0 Å². The molecule has 0 fully saturated rings. The van der Waals surface area contributed by atoms with E-state index in [-0.39, 0.29) is 23.5 Å². The molecule has 2 N–H and O–H groups in total. The van der Waals surface area contributed by atoms with Crippen LogP contribution in [0.15, 0.2) is 83.8 Å². The number of hydrogen-bond acceptors (Lipinski definition) is 5. The van der Waals surface area contributed by atoms with E-state index in [1.54, 1.807) is 19.1 Å². The van der Waals surface area contributed by atoms with Gasteiger partial charge in [0, 0.05) is 12.1 Å². The number of hydrogen-bond donors (Lipinski definition) is 2. The second-order valence-corrected chi connectivity index (χ2v) is 9.03. The summed E-state index contributed by atoms with van der Waals surface area (Å²) in [6.07, 6.45) is 7.20. The van der Waals surface area contributed by atoms with Crippen LogP contribution in [0, 0.1) is 5.92 Å². The standard InChI is InChI=1S/C28H27NO4S/c1-2-33-27(31)15-19-7-9-20(10-8-19)17-29-28(32)26-16-23(18-34-26)21-11-13-22(14-12-21)24-5-3-4-6-25(24)30/h3-7,9-14,16,18-19,30H,2,8,15,17H2,1H3,(H,29,32). The fraction of sp³-hybridized carbons (Fsp3) is 0.214. The number of phenols is 1. The number of nitrogens with one attached hydrogen (secondary N) is 1. The number of rotatable bonds is 8. The molecular weight excluding hydrogens is 446 g/mol. The molecule has 0 spiro atoms. The number of para-hydroxylation sites is 1. The number of phenolic OH excluding ortho intramolecular Hbond substituents is 1. The highest BCUT2D eigenvalue weighted by atomic mass is 32.1. The van der Waals surface area contributed by atoms with E-state index >= 15 is 0 Å². The third-order valence-electron chi connectivity index (χ3n) is 5.71. The van der Waals surface area contributed by atoms with Crippen LogP contribution in [0.2, 0.25) is 0 Å². The molecule has 0 radical (unpaired) electrons. The maximum absolute atomic E-state index is 12.6. The fourth-order valence-corrected chi connectivity index (χ4v) is 4.69. The van der Waals surface area contributed by atoms with Crippen molar-refractivity contribution in [3.63, 3.8) is 0 Å². The van der Waals surface area contributed by atoms with Crippen molar-refractivity contribution in [2.45, 2.75) is 19.8 Å². The predicted molar refractivity (Wildman–Crippen MR) is 136 cm³/mol. The normalized spacial score (nSPS) is 15.0. The van der Waals surface area contributed by atoms with Crippen LogP contribution in [0.25, 0.3) is 22.3 Å². The van der Waals surface area contributed by atoms with E-state index in [0.717, 1.165) is 34.2 Å². The van der Waals surface area contributed by atoms with E-state index in [4.69, 9.17) is 4.74 Å². The zero-order valence-corrected chi connectivity index (χ0v) is 19.8. The molecule has 4 rings (SSSR count). The van der Waals surface area contributed by atoms with Gasteiger partial charge in [-0.1, -0.05) is 60.7 Å². The molecule has 1 aliphatic carbocycles. The lowest BCUT2D eigenvalue weighted by atomic mass is 9.94. The molecule has 1 aliphatic rings. The van der Waals surface area contributed by atoms with E-state index in [2.05, 4.69) is 11.4 Å². The molecule has 0 saturated heterocycles. The van der Waals surface area contributed by atoms with Crippen molar-refractivity contribution < 1.29 is 19.4 Å². The van der Waals surface area contributed by atoms with Gasteiger partial charge >= 0.3 is 5.97 Å². The summed E-state index contributed by atoms with van der Waals surface area (Å²) in [5.74, 6) is 0.117. The van der Waals surface area contributed by atoms with Gasteiger partial charge < -0.3 is 15.2 Å². The SMILES string of the molecule is CCOC(=O)CC1C=CC(CNC(=O)c2cc(-c3ccc(-c4ccccc4O)cc3)cs2)=CC1. The molecule has 6 heteroatoms. The number of aromatic hydroxyl groups is 1. The van der Waals surface area contributed by atoms with E-state index < -0.39 is 0 Å². The summed E-state index contributed by atoms with van der Waals surface area (Å²) in [5, 5.41) is 15.0. The molecular formula is C28H27NO4S. The van der Waals surface area contributed by atoms with E-state index in [0.29, 0.717) is 24.4 Å². The summed E-state index contributed by atoms with van der Waals surface area (Å²) < 4.78 is 5.00. The number of thiophene rings is 1. The Kier molecular flexibility index (Phi) is 7.60. The van der Waals surface area contributed by atoms with Gasteiger partial charge in [-0.05, 0) is 59.0 Å². The van der Waals surface area contributed by atoms with Crippen LogP contribution >= 0.6 is 11.3 Å². The van der Waals surface area contributed by atoms with Crippen LogP contribution in [-0.2, 0) is 9.53 Å². The van der Waals surface area contributed by atoms with Crippen LogP contribution in [0.4, 0.5) is 0 Å². The van der Waals surface area contributed by atoms with Gasteiger partial charge in [0.1, 0.15) is 5.75 Å². The van der Waals surface area contributed by atoms with Gasteiger partial charge in [0.15, 0.2) is 0 Å². The zero-order chi connectivity index (χ0) is 23.9. The van der Waals surface area contributed by atoms with Crippen LogP contribution < -0.4 is 5.32 Å².